The highest BCUT2D eigenvalue weighted by molar-refractivity contribution is 6.77. The second-order valence-corrected chi connectivity index (χ2v) is 13.5. The fourth-order valence-corrected chi connectivity index (χ4v) is 10.1. The molecular formula is C21H33NO3Si. The van der Waals surface area contributed by atoms with Crippen molar-refractivity contribution in [1.29, 1.82) is 0 Å². The third-order valence-corrected chi connectivity index (χ3v) is 11.7. The summed E-state index contributed by atoms with van der Waals surface area (Å²) in [4.78, 5) is 11.6. The van der Waals surface area contributed by atoms with Crippen molar-refractivity contribution in [2.24, 2.45) is 0 Å². The molecule has 4 nitrogen and oxygen atoms in total. The van der Waals surface area contributed by atoms with Crippen LogP contribution in [0.1, 0.15) is 58.5 Å². The molecule has 1 aromatic heterocycles. The fourth-order valence-electron chi connectivity index (χ4n) is 4.60. The zero-order chi connectivity index (χ0) is 19.5. The Labute approximate surface area is 158 Å². The first-order valence-electron chi connectivity index (χ1n) is 9.67. The van der Waals surface area contributed by atoms with Gasteiger partial charge in [-0.2, -0.15) is 0 Å². The van der Waals surface area contributed by atoms with E-state index in [-0.39, 0.29) is 0 Å². The number of nitrogens with zero attached hydrogens (tertiary/aromatic N) is 1. The average Bonchev–Trinajstić information content (AvgIpc) is 2.93. The van der Waals surface area contributed by atoms with Crippen LogP contribution in [0.15, 0.2) is 30.3 Å². The Morgan fingerprint density at radius 3 is 2.19 bits per heavy atom. The van der Waals surface area contributed by atoms with Crippen molar-refractivity contribution in [2.45, 2.75) is 71.1 Å². The second-order valence-electron chi connectivity index (χ2n) is 8.06. The third-order valence-electron chi connectivity index (χ3n) is 5.61. The topological polar surface area (TPSA) is 51.5 Å². The van der Waals surface area contributed by atoms with Gasteiger partial charge in [-0.3, -0.25) is 0 Å². The molecule has 1 aromatic carbocycles. The minimum absolute atomic E-state index is 0.353. The number of carbonyl (C=O) groups is 1. The molecule has 0 spiro atoms. The maximum absolute atomic E-state index is 11.6. The first-order valence-corrected chi connectivity index (χ1v) is 11.8. The molecule has 0 radical (unpaired) electrons. The van der Waals surface area contributed by atoms with Crippen LogP contribution in [0.25, 0.3) is 10.9 Å². The van der Waals surface area contributed by atoms with Crippen molar-refractivity contribution >= 4 is 25.2 Å². The van der Waals surface area contributed by atoms with Gasteiger partial charge in [0, 0.05) is 24.1 Å². The van der Waals surface area contributed by atoms with E-state index >= 15 is 0 Å². The van der Waals surface area contributed by atoms with Crippen LogP contribution in [-0.4, -0.2) is 30.6 Å². The van der Waals surface area contributed by atoms with E-state index in [0.29, 0.717) is 35.5 Å². The normalized spacial score (nSPS) is 12.7. The number of carboxylic acids is 1. The van der Waals surface area contributed by atoms with E-state index in [4.69, 9.17) is 4.43 Å². The van der Waals surface area contributed by atoms with Gasteiger partial charge < -0.3 is 14.1 Å². The fraction of sp³-hybridized carbons (Fsp3) is 0.571. The van der Waals surface area contributed by atoms with Crippen LogP contribution in [0.3, 0.4) is 0 Å². The number of carboxylic acid groups (broad SMARTS) is 1. The largest absolute Gasteiger partial charge is 0.477 e. The van der Waals surface area contributed by atoms with Crippen LogP contribution >= 0.6 is 0 Å². The van der Waals surface area contributed by atoms with E-state index < -0.39 is 14.3 Å². The summed E-state index contributed by atoms with van der Waals surface area (Å²) >= 11 is 0. The highest BCUT2D eigenvalue weighted by atomic mass is 28.4. The molecular weight excluding hydrogens is 342 g/mol. The monoisotopic (exact) mass is 375 g/mol. The van der Waals surface area contributed by atoms with E-state index in [9.17, 15) is 9.90 Å². The van der Waals surface area contributed by atoms with Crippen LogP contribution in [0.5, 0.6) is 0 Å². The van der Waals surface area contributed by atoms with Crippen molar-refractivity contribution in [3.8, 4) is 0 Å². The smallest absolute Gasteiger partial charge is 0.352 e. The Bertz CT molecular complexity index is 727. The van der Waals surface area contributed by atoms with Gasteiger partial charge in [0.25, 0.3) is 0 Å². The maximum Gasteiger partial charge on any atom is 0.352 e. The summed E-state index contributed by atoms with van der Waals surface area (Å²) in [5, 5.41) is 10.5. The van der Waals surface area contributed by atoms with Crippen molar-refractivity contribution < 1.29 is 14.3 Å². The van der Waals surface area contributed by atoms with Crippen LogP contribution in [0.2, 0.25) is 16.6 Å². The first-order chi connectivity index (χ1) is 12.2. The number of fused-ring (bicyclic) bond motifs is 1. The van der Waals surface area contributed by atoms with E-state index in [0.717, 1.165) is 17.3 Å². The van der Waals surface area contributed by atoms with Gasteiger partial charge in [0.2, 0.25) is 0 Å². The number of hydrogen-bond acceptors (Lipinski definition) is 2. The van der Waals surface area contributed by atoms with E-state index in [1.807, 2.05) is 28.8 Å². The molecule has 0 saturated carbocycles. The number of aryl methyl sites for hydroxylation is 1. The highest BCUT2D eigenvalue weighted by Gasteiger charge is 2.44. The minimum atomic E-state index is -1.86. The molecule has 0 unspecified atom stereocenters. The molecule has 0 bridgehead atoms. The summed E-state index contributed by atoms with van der Waals surface area (Å²) < 4.78 is 8.51. The van der Waals surface area contributed by atoms with Crippen LogP contribution in [0.4, 0.5) is 0 Å². The van der Waals surface area contributed by atoms with Crippen LogP contribution in [-0.2, 0) is 11.0 Å². The summed E-state index contributed by atoms with van der Waals surface area (Å²) in [5.74, 6) is -0.877. The minimum Gasteiger partial charge on any atom is -0.477 e. The highest BCUT2D eigenvalue weighted by Crippen LogP contribution is 2.42. The average molecular weight is 376 g/mol. The first kappa shape index (κ1) is 20.7. The lowest BCUT2D eigenvalue weighted by atomic mass is 10.2. The number of hydrogen-bond donors (Lipinski definition) is 1. The third kappa shape index (κ3) is 3.89. The lowest BCUT2D eigenvalue weighted by Gasteiger charge is -2.42. The molecule has 0 aliphatic carbocycles. The predicted molar refractivity (Wildman–Crippen MR) is 111 cm³/mol. The second kappa shape index (κ2) is 8.40. The zero-order valence-electron chi connectivity index (χ0n) is 17.0. The van der Waals surface area contributed by atoms with Gasteiger partial charge in [0.05, 0.1) is 0 Å². The van der Waals surface area contributed by atoms with Crippen molar-refractivity contribution in [3.05, 3.63) is 36.0 Å². The molecule has 0 atom stereocenters. The van der Waals surface area contributed by atoms with Crippen molar-refractivity contribution in [3.63, 3.8) is 0 Å². The summed E-state index contributed by atoms with van der Waals surface area (Å²) in [6.07, 6.45) is 0.819. The van der Waals surface area contributed by atoms with E-state index in [2.05, 4.69) is 41.5 Å². The van der Waals surface area contributed by atoms with Crippen molar-refractivity contribution in [1.82, 2.24) is 4.57 Å². The Balaban J connectivity index is 2.14. The molecule has 0 aliphatic rings. The molecule has 1 heterocycles. The SMILES string of the molecule is CC(C)[Si](OCCCn1c(C(=O)O)cc2ccccc21)(C(C)C)C(C)C. The molecule has 2 aromatic rings. The van der Waals surface area contributed by atoms with Crippen molar-refractivity contribution in [2.75, 3.05) is 6.61 Å². The zero-order valence-corrected chi connectivity index (χ0v) is 18.0. The molecule has 5 heteroatoms. The Morgan fingerprint density at radius 2 is 1.65 bits per heavy atom. The van der Waals surface area contributed by atoms with Crippen LogP contribution in [0, 0.1) is 0 Å². The standard InChI is InChI=1S/C21H33NO3Si/c1-15(2)26(16(3)4,17(5)6)25-13-9-12-22-19-11-8-7-10-18(19)14-20(22)21(23)24/h7-8,10-11,14-17H,9,12-13H2,1-6H3,(H,23,24). The molecule has 144 valence electrons. The van der Waals surface area contributed by atoms with Crippen LogP contribution < -0.4 is 0 Å². The van der Waals surface area contributed by atoms with Gasteiger partial charge in [0.1, 0.15) is 5.69 Å². The maximum atomic E-state index is 11.6. The number of benzene rings is 1. The lowest BCUT2D eigenvalue weighted by Crippen LogP contribution is -2.48. The van der Waals surface area contributed by atoms with Gasteiger partial charge in [-0.25, -0.2) is 4.79 Å². The molecule has 0 fully saturated rings. The summed E-state index contributed by atoms with van der Waals surface area (Å²) in [5.41, 5.74) is 3.01. The Morgan fingerprint density at radius 1 is 1.08 bits per heavy atom. The molecule has 0 saturated heterocycles. The number of rotatable bonds is 9. The molecule has 26 heavy (non-hydrogen) atoms. The van der Waals surface area contributed by atoms with Gasteiger partial charge in [-0.1, -0.05) is 59.7 Å². The predicted octanol–water partition coefficient (Wildman–Crippen LogP) is 5.92. The number of aromatic carboxylic acids is 1. The van der Waals surface area contributed by atoms with E-state index in [1.54, 1.807) is 6.07 Å². The molecule has 1 N–H and O–H groups in total. The quantitative estimate of drug-likeness (QED) is 0.437. The summed E-state index contributed by atoms with van der Waals surface area (Å²) in [7, 11) is -1.86. The Hall–Kier alpha value is -1.59. The molecule has 0 amide bonds. The van der Waals surface area contributed by atoms with E-state index in [1.165, 1.54) is 0 Å². The number of para-hydroxylation sites is 1. The molecule has 0 aliphatic heterocycles. The van der Waals surface area contributed by atoms with Gasteiger partial charge in [-0.05, 0) is 35.2 Å². The lowest BCUT2D eigenvalue weighted by molar-refractivity contribution is 0.0685. The number of aromatic nitrogens is 1. The van der Waals surface area contributed by atoms with Gasteiger partial charge >= 0.3 is 5.97 Å². The summed E-state index contributed by atoms with van der Waals surface area (Å²) in [6, 6.07) is 9.60. The molecule has 2 rings (SSSR count). The summed E-state index contributed by atoms with van der Waals surface area (Å²) in [6.45, 7) is 15.1. The Kier molecular flexibility index (Phi) is 6.69. The van der Waals surface area contributed by atoms with Gasteiger partial charge in [0.15, 0.2) is 8.32 Å². The van der Waals surface area contributed by atoms with Gasteiger partial charge in [-0.15, -0.1) is 0 Å².